The SMILES string of the molecule is COc1nc(-c2cccc(-c3ccnc(-c4cc(OC)c5nc(CNC6CCC(O)CC6)cn5c4)c3Cl)c2Cl)ccc1C(NC(=O)OC[C@@H]1CCC(=O)N1)C(C)(C)C. The Morgan fingerprint density at radius 1 is 0.983 bits per heavy atom. The van der Waals surface area contributed by atoms with E-state index in [1.807, 2.05) is 80.0 Å². The fourth-order valence-electron chi connectivity index (χ4n) is 7.69. The maximum Gasteiger partial charge on any atom is 0.407 e. The summed E-state index contributed by atoms with van der Waals surface area (Å²) in [6, 6.07) is 12.7. The van der Waals surface area contributed by atoms with Crippen molar-refractivity contribution in [3.05, 3.63) is 82.4 Å². The molecule has 1 saturated carbocycles. The number of fused-ring (bicyclic) bond motifs is 1. The minimum absolute atomic E-state index is 0.0437. The number of carbonyl (C=O) groups excluding carboxylic acids is 2. The second-order valence-electron chi connectivity index (χ2n) is 16.0. The first-order valence-corrected chi connectivity index (χ1v) is 20.3. The van der Waals surface area contributed by atoms with E-state index in [1.54, 1.807) is 13.3 Å². The molecule has 0 radical (unpaired) electrons. The summed E-state index contributed by atoms with van der Waals surface area (Å²) in [7, 11) is 3.14. The lowest BCUT2D eigenvalue weighted by atomic mass is 9.82. The zero-order chi connectivity index (χ0) is 41.1. The first-order chi connectivity index (χ1) is 27.8. The largest absolute Gasteiger partial charge is 0.493 e. The number of carbonyl (C=O) groups is 2. The predicted octanol–water partition coefficient (Wildman–Crippen LogP) is 7.93. The number of rotatable bonds is 12. The van der Waals surface area contributed by atoms with E-state index in [9.17, 15) is 14.7 Å². The summed E-state index contributed by atoms with van der Waals surface area (Å²) in [6.45, 7) is 6.68. The van der Waals surface area contributed by atoms with Gasteiger partial charge in [-0.05, 0) is 61.8 Å². The van der Waals surface area contributed by atoms with Crippen molar-refractivity contribution in [1.82, 2.24) is 35.3 Å². The molecule has 1 aliphatic heterocycles. The number of imidazole rings is 1. The monoisotopic (exact) mass is 829 g/mol. The number of nitrogens with one attached hydrogen (secondary N) is 3. The summed E-state index contributed by atoms with van der Waals surface area (Å²) in [5, 5.41) is 20.1. The number of pyridine rings is 3. The topological polar surface area (TPSA) is 161 Å². The van der Waals surface area contributed by atoms with E-state index < -0.39 is 17.6 Å². The van der Waals surface area contributed by atoms with E-state index >= 15 is 0 Å². The Morgan fingerprint density at radius 3 is 2.45 bits per heavy atom. The van der Waals surface area contributed by atoms with E-state index in [4.69, 9.17) is 47.4 Å². The summed E-state index contributed by atoms with van der Waals surface area (Å²) in [6.07, 6.45) is 9.35. The van der Waals surface area contributed by atoms with Crippen molar-refractivity contribution in [1.29, 1.82) is 0 Å². The van der Waals surface area contributed by atoms with Gasteiger partial charge in [0.05, 0.1) is 59.5 Å². The molecule has 1 saturated heterocycles. The number of hydrogen-bond donors (Lipinski definition) is 4. The number of amides is 2. The summed E-state index contributed by atoms with van der Waals surface area (Å²) in [5.41, 5.74) is 5.64. The van der Waals surface area contributed by atoms with Gasteiger partial charge in [-0.2, -0.15) is 0 Å². The molecule has 306 valence electrons. The normalized spacial score (nSPS) is 18.8. The number of ether oxygens (including phenoxy) is 3. The molecule has 15 heteroatoms. The van der Waals surface area contributed by atoms with Gasteiger partial charge in [0.25, 0.3) is 0 Å². The minimum Gasteiger partial charge on any atom is -0.493 e. The van der Waals surface area contributed by atoms with Gasteiger partial charge in [-0.15, -0.1) is 0 Å². The van der Waals surface area contributed by atoms with E-state index in [0.717, 1.165) is 36.9 Å². The standard InChI is InChI=1S/C43H49Cl2N7O6/c1-43(2,3)39(51-42(55)58-23-26-11-16-35(54)48-26)32-14-15-33(50-41(32)57-5)31-8-6-7-29(36(31)44)30-17-18-46-38(37(30)45)24-19-34(56-4)40-49-27(22-52(40)21-24)20-47-25-9-12-28(53)13-10-25/h6-8,14-15,17-19,21-22,25-26,28,39,47,53H,9-13,16,20,23H2,1-5H3,(H,48,54)(H,51,55)/t25?,26-,28?,39?/m0/s1. The number of aliphatic hydroxyl groups is 1. The molecule has 4 aromatic heterocycles. The Morgan fingerprint density at radius 2 is 1.74 bits per heavy atom. The Hall–Kier alpha value is -4.95. The number of alkyl carbamates (subject to hydrolysis) is 1. The van der Waals surface area contributed by atoms with E-state index in [-0.39, 0.29) is 24.7 Å². The third-order valence-corrected chi connectivity index (χ3v) is 11.6. The van der Waals surface area contributed by atoms with Crippen LogP contribution in [0, 0.1) is 5.41 Å². The van der Waals surface area contributed by atoms with Crippen LogP contribution in [0.2, 0.25) is 10.0 Å². The van der Waals surface area contributed by atoms with Crippen molar-refractivity contribution in [2.75, 3.05) is 20.8 Å². The van der Waals surface area contributed by atoms with Crippen LogP contribution >= 0.6 is 23.2 Å². The lowest BCUT2D eigenvalue weighted by Crippen LogP contribution is -2.39. The number of benzene rings is 1. The molecule has 2 aliphatic rings. The molecule has 2 atom stereocenters. The quantitative estimate of drug-likeness (QED) is 0.0972. The van der Waals surface area contributed by atoms with Crippen molar-refractivity contribution in [2.45, 2.75) is 90.1 Å². The molecule has 5 heterocycles. The van der Waals surface area contributed by atoms with Crippen LogP contribution in [-0.4, -0.2) is 75.5 Å². The fourth-order valence-corrected chi connectivity index (χ4v) is 8.33. The average Bonchev–Trinajstić information content (AvgIpc) is 3.83. The van der Waals surface area contributed by atoms with Gasteiger partial charge in [0.15, 0.2) is 11.4 Å². The van der Waals surface area contributed by atoms with E-state index in [0.29, 0.717) is 86.4 Å². The van der Waals surface area contributed by atoms with Crippen LogP contribution in [0.3, 0.4) is 0 Å². The molecular weight excluding hydrogens is 781 g/mol. The maximum atomic E-state index is 13.0. The smallest absolute Gasteiger partial charge is 0.407 e. The zero-order valence-corrected chi connectivity index (χ0v) is 34.8. The fraction of sp³-hybridized carbons (Fsp3) is 0.419. The summed E-state index contributed by atoms with van der Waals surface area (Å²) in [5.74, 6) is 0.858. The molecule has 5 aromatic rings. The van der Waals surface area contributed by atoms with Gasteiger partial charge in [0.2, 0.25) is 11.8 Å². The Labute approximate surface area is 347 Å². The maximum absolute atomic E-state index is 13.0. The lowest BCUT2D eigenvalue weighted by molar-refractivity contribution is -0.119. The van der Waals surface area contributed by atoms with Gasteiger partial charge in [0.1, 0.15) is 6.61 Å². The second kappa shape index (κ2) is 17.5. The number of aliphatic hydroxyl groups excluding tert-OH is 1. The van der Waals surface area contributed by atoms with Crippen LogP contribution in [0.1, 0.15) is 76.6 Å². The highest BCUT2D eigenvalue weighted by Gasteiger charge is 2.33. The van der Waals surface area contributed by atoms with Gasteiger partial charge in [-0.25, -0.2) is 14.8 Å². The van der Waals surface area contributed by atoms with Crippen molar-refractivity contribution < 1.29 is 28.9 Å². The first-order valence-electron chi connectivity index (χ1n) is 19.5. The molecule has 1 aromatic carbocycles. The lowest BCUT2D eigenvalue weighted by Gasteiger charge is -2.32. The molecule has 13 nitrogen and oxygen atoms in total. The molecule has 4 N–H and O–H groups in total. The molecule has 1 aliphatic carbocycles. The first kappa shape index (κ1) is 41.2. The van der Waals surface area contributed by atoms with Crippen LogP contribution in [0.25, 0.3) is 39.3 Å². The summed E-state index contributed by atoms with van der Waals surface area (Å²) < 4.78 is 19.0. The van der Waals surface area contributed by atoms with Crippen molar-refractivity contribution in [3.8, 4) is 45.3 Å². The molecule has 0 spiro atoms. The van der Waals surface area contributed by atoms with Gasteiger partial charge in [-0.3, -0.25) is 9.78 Å². The van der Waals surface area contributed by atoms with Crippen LogP contribution in [0.5, 0.6) is 11.6 Å². The Bertz CT molecular complexity index is 2300. The number of nitrogens with zero attached hydrogens (tertiary/aromatic N) is 4. The van der Waals surface area contributed by atoms with Crippen molar-refractivity contribution >= 4 is 40.8 Å². The van der Waals surface area contributed by atoms with Crippen LogP contribution in [-0.2, 0) is 16.1 Å². The predicted molar refractivity (Wildman–Crippen MR) is 223 cm³/mol. The third-order valence-electron chi connectivity index (χ3n) is 10.8. The molecular formula is C43H49Cl2N7O6. The minimum atomic E-state index is -0.602. The number of hydrogen-bond acceptors (Lipinski definition) is 10. The second-order valence-corrected chi connectivity index (χ2v) is 16.7. The van der Waals surface area contributed by atoms with Crippen LogP contribution < -0.4 is 25.4 Å². The highest BCUT2D eigenvalue weighted by molar-refractivity contribution is 6.39. The van der Waals surface area contributed by atoms with Crippen LogP contribution in [0.4, 0.5) is 4.79 Å². The zero-order valence-electron chi connectivity index (χ0n) is 33.3. The van der Waals surface area contributed by atoms with Crippen molar-refractivity contribution in [2.24, 2.45) is 5.41 Å². The molecule has 2 fully saturated rings. The molecule has 2 amide bonds. The molecule has 7 rings (SSSR count). The van der Waals surface area contributed by atoms with Gasteiger partial charge in [0, 0.05) is 65.4 Å². The molecule has 58 heavy (non-hydrogen) atoms. The third kappa shape index (κ3) is 9.02. The highest BCUT2D eigenvalue weighted by Crippen LogP contribution is 2.43. The Balaban J connectivity index is 1.14. The number of aromatic nitrogens is 4. The summed E-state index contributed by atoms with van der Waals surface area (Å²) >= 11 is 14.4. The van der Waals surface area contributed by atoms with Crippen LogP contribution in [0.15, 0.2) is 61.1 Å². The van der Waals surface area contributed by atoms with Crippen molar-refractivity contribution in [3.63, 3.8) is 0 Å². The number of halogens is 2. The molecule has 0 bridgehead atoms. The molecule has 1 unspecified atom stereocenters. The highest BCUT2D eigenvalue weighted by atomic mass is 35.5. The average molecular weight is 831 g/mol. The van der Waals surface area contributed by atoms with Gasteiger partial charge < -0.3 is 39.7 Å². The summed E-state index contributed by atoms with van der Waals surface area (Å²) in [4.78, 5) is 38.9. The van der Waals surface area contributed by atoms with Gasteiger partial charge >= 0.3 is 6.09 Å². The van der Waals surface area contributed by atoms with E-state index in [2.05, 4.69) is 20.9 Å². The number of methoxy groups -OCH3 is 2. The van der Waals surface area contributed by atoms with E-state index in [1.165, 1.54) is 7.11 Å². The van der Waals surface area contributed by atoms with Gasteiger partial charge in [-0.1, -0.05) is 62.2 Å². The Kier molecular flexibility index (Phi) is 12.4.